The normalized spacial score (nSPS) is 11.1. The van der Waals surface area contributed by atoms with E-state index in [4.69, 9.17) is 4.98 Å². The Labute approximate surface area is 146 Å². The number of imidazole rings is 1. The van der Waals surface area contributed by atoms with Gasteiger partial charge in [-0.15, -0.1) is 0 Å². The van der Waals surface area contributed by atoms with Crippen molar-refractivity contribution in [1.82, 2.24) is 14.9 Å². The van der Waals surface area contributed by atoms with Gasteiger partial charge in [0.15, 0.2) is 5.16 Å². The molecule has 1 N–H and O–H groups in total. The van der Waals surface area contributed by atoms with Gasteiger partial charge in [-0.3, -0.25) is 9.36 Å². The highest BCUT2D eigenvalue weighted by Gasteiger charge is 2.14. The Kier molecular flexibility index (Phi) is 5.20. The molecule has 5 heteroatoms. The number of hydrogen-bond acceptors (Lipinski definition) is 3. The largest absolute Gasteiger partial charge is 0.355 e. The second-order valence-corrected chi connectivity index (χ2v) is 6.98. The van der Waals surface area contributed by atoms with Crippen LogP contribution in [-0.4, -0.2) is 27.8 Å². The summed E-state index contributed by atoms with van der Waals surface area (Å²) in [6, 6.07) is 18.2. The van der Waals surface area contributed by atoms with E-state index < -0.39 is 0 Å². The van der Waals surface area contributed by atoms with E-state index >= 15 is 0 Å². The van der Waals surface area contributed by atoms with Gasteiger partial charge in [-0.25, -0.2) is 4.98 Å². The molecule has 1 amide bonds. The molecule has 0 radical (unpaired) electrons. The monoisotopic (exact) mass is 339 g/mol. The van der Waals surface area contributed by atoms with E-state index in [1.807, 2.05) is 36.4 Å². The molecule has 0 saturated carbocycles. The Hall–Kier alpha value is -2.27. The van der Waals surface area contributed by atoms with Gasteiger partial charge >= 0.3 is 0 Å². The molecule has 0 aliphatic carbocycles. The quantitative estimate of drug-likeness (QED) is 0.693. The maximum Gasteiger partial charge on any atom is 0.230 e. The predicted molar refractivity (Wildman–Crippen MR) is 99.6 cm³/mol. The lowest BCUT2D eigenvalue weighted by Gasteiger charge is -2.10. The molecule has 0 aliphatic rings. The minimum absolute atomic E-state index is 0.0420. The average Bonchev–Trinajstić information content (AvgIpc) is 2.97. The van der Waals surface area contributed by atoms with Gasteiger partial charge in [0.2, 0.25) is 5.91 Å². The lowest BCUT2D eigenvalue weighted by atomic mass is 10.2. The Bertz CT molecular complexity index is 827. The summed E-state index contributed by atoms with van der Waals surface area (Å²) < 4.78 is 2.11. The Morgan fingerprint density at radius 2 is 1.83 bits per heavy atom. The van der Waals surface area contributed by atoms with Gasteiger partial charge in [-0.1, -0.05) is 55.9 Å². The van der Waals surface area contributed by atoms with Crippen LogP contribution in [0.2, 0.25) is 0 Å². The summed E-state index contributed by atoms with van der Waals surface area (Å²) >= 11 is 1.47. The van der Waals surface area contributed by atoms with Crippen LogP contribution in [0.4, 0.5) is 0 Å². The number of hydrogen-bond donors (Lipinski definition) is 1. The minimum Gasteiger partial charge on any atom is -0.355 e. The Morgan fingerprint density at radius 3 is 2.58 bits per heavy atom. The van der Waals surface area contributed by atoms with Gasteiger partial charge in [-0.05, 0) is 30.2 Å². The van der Waals surface area contributed by atoms with Crippen LogP contribution in [0.15, 0.2) is 59.8 Å². The van der Waals surface area contributed by atoms with Crippen LogP contribution >= 0.6 is 11.8 Å². The van der Waals surface area contributed by atoms with Crippen molar-refractivity contribution in [1.29, 1.82) is 0 Å². The zero-order valence-electron chi connectivity index (χ0n) is 13.9. The molecule has 0 bridgehead atoms. The van der Waals surface area contributed by atoms with E-state index in [0.717, 1.165) is 21.9 Å². The van der Waals surface area contributed by atoms with Crippen molar-refractivity contribution in [3.05, 3.63) is 54.6 Å². The lowest BCUT2D eigenvalue weighted by molar-refractivity contribution is -0.118. The number of fused-ring (bicyclic) bond motifs is 1. The first kappa shape index (κ1) is 16.6. The number of carbonyl (C=O) groups is 1. The molecule has 3 rings (SSSR count). The Balaban J connectivity index is 1.86. The number of amides is 1. The summed E-state index contributed by atoms with van der Waals surface area (Å²) in [6.45, 7) is 4.87. The number of rotatable bonds is 6. The van der Waals surface area contributed by atoms with Crippen LogP contribution in [0.25, 0.3) is 16.7 Å². The summed E-state index contributed by atoms with van der Waals surface area (Å²) in [7, 11) is 0. The number of benzene rings is 2. The lowest BCUT2D eigenvalue weighted by Crippen LogP contribution is -2.28. The molecule has 0 atom stereocenters. The van der Waals surface area contributed by atoms with Gasteiger partial charge in [0, 0.05) is 12.2 Å². The zero-order valence-corrected chi connectivity index (χ0v) is 14.7. The van der Waals surface area contributed by atoms with Crippen molar-refractivity contribution >= 4 is 28.7 Å². The molecule has 24 heavy (non-hydrogen) atoms. The maximum atomic E-state index is 12.0. The first-order valence-corrected chi connectivity index (χ1v) is 9.06. The molecule has 0 spiro atoms. The molecular weight excluding hydrogens is 318 g/mol. The first-order valence-electron chi connectivity index (χ1n) is 8.07. The molecule has 2 aromatic carbocycles. The second kappa shape index (κ2) is 7.53. The number of thioether (sulfide) groups is 1. The van der Waals surface area contributed by atoms with E-state index in [2.05, 4.69) is 41.9 Å². The molecule has 4 nitrogen and oxygen atoms in total. The SMILES string of the molecule is CC(C)CNC(=O)CSc1nc2ccccc2n1-c1ccccc1. The summed E-state index contributed by atoms with van der Waals surface area (Å²) in [5.41, 5.74) is 3.04. The van der Waals surface area contributed by atoms with Crippen molar-refractivity contribution in [2.24, 2.45) is 5.92 Å². The summed E-state index contributed by atoms with van der Waals surface area (Å²) in [6.07, 6.45) is 0. The standard InChI is InChI=1S/C19H21N3OS/c1-14(2)12-20-18(23)13-24-19-21-16-10-6-7-11-17(16)22(19)15-8-4-3-5-9-15/h3-11,14H,12-13H2,1-2H3,(H,20,23). The van der Waals surface area contributed by atoms with Crippen LogP contribution in [0.5, 0.6) is 0 Å². The average molecular weight is 339 g/mol. The number of aromatic nitrogens is 2. The first-order chi connectivity index (χ1) is 11.6. The molecular formula is C19H21N3OS. The molecule has 1 aromatic heterocycles. The third-order valence-corrected chi connectivity index (χ3v) is 4.52. The smallest absolute Gasteiger partial charge is 0.230 e. The summed E-state index contributed by atoms with van der Waals surface area (Å²) in [5.74, 6) is 0.858. The topological polar surface area (TPSA) is 46.9 Å². The molecule has 124 valence electrons. The van der Waals surface area contributed by atoms with E-state index in [1.54, 1.807) is 0 Å². The highest BCUT2D eigenvalue weighted by Crippen LogP contribution is 2.27. The molecule has 0 fully saturated rings. The van der Waals surface area contributed by atoms with Crippen LogP contribution in [0, 0.1) is 5.92 Å². The molecule has 0 aliphatic heterocycles. The van der Waals surface area contributed by atoms with Crippen LogP contribution in [0.1, 0.15) is 13.8 Å². The van der Waals surface area contributed by atoms with Gasteiger partial charge in [-0.2, -0.15) is 0 Å². The Morgan fingerprint density at radius 1 is 1.12 bits per heavy atom. The van der Waals surface area contributed by atoms with E-state index in [1.165, 1.54) is 11.8 Å². The van der Waals surface area contributed by atoms with Crippen LogP contribution in [-0.2, 0) is 4.79 Å². The van der Waals surface area contributed by atoms with Gasteiger partial charge in [0.25, 0.3) is 0 Å². The highest BCUT2D eigenvalue weighted by atomic mass is 32.2. The van der Waals surface area contributed by atoms with Crippen molar-refractivity contribution < 1.29 is 4.79 Å². The van der Waals surface area contributed by atoms with Crippen molar-refractivity contribution in [3.63, 3.8) is 0 Å². The second-order valence-electron chi connectivity index (χ2n) is 6.04. The third kappa shape index (κ3) is 3.79. The van der Waals surface area contributed by atoms with Crippen molar-refractivity contribution in [2.45, 2.75) is 19.0 Å². The molecule has 0 saturated heterocycles. The van der Waals surface area contributed by atoms with E-state index in [-0.39, 0.29) is 5.91 Å². The number of nitrogens with zero attached hydrogens (tertiary/aromatic N) is 2. The third-order valence-electron chi connectivity index (χ3n) is 3.58. The predicted octanol–water partition coefficient (Wildman–Crippen LogP) is 3.89. The van der Waals surface area contributed by atoms with Gasteiger partial charge in [0.05, 0.1) is 16.8 Å². The molecule has 0 unspecified atom stereocenters. The fourth-order valence-corrected chi connectivity index (χ4v) is 3.28. The highest BCUT2D eigenvalue weighted by molar-refractivity contribution is 7.99. The fraction of sp³-hybridized carbons (Fsp3) is 0.263. The molecule has 3 aromatic rings. The zero-order chi connectivity index (χ0) is 16.9. The summed E-state index contributed by atoms with van der Waals surface area (Å²) in [4.78, 5) is 16.7. The van der Waals surface area contributed by atoms with Gasteiger partial charge in [0.1, 0.15) is 0 Å². The van der Waals surface area contributed by atoms with Crippen molar-refractivity contribution in [3.8, 4) is 5.69 Å². The minimum atomic E-state index is 0.0420. The van der Waals surface area contributed by atoms with E-state index in [9.17, 15) is 4.79 Å². The van der Waals surface area contributed by atoms with Crippen LogP contribution in [0.3, 0.4) is 0 Å². The number of carbonyl (C=O) groups excluding carboxylic acids is 1. The van der Waals surface area contributed by atoms with Crippen LogP contribution < -0.4 is 5.32 Å². The van der Waals surface area contributed by atoms with Crippen molar-refractivity contribution in [2.75, 3.05) is 12.3 Å². The number of nitrogens with one attached hydrogen (secondary N) is 1. The van der Waals surface area contributed by atoms with E-state index in [0.29, 0.717) is 18.2 Å². The summed E-state index contributed by atoms with van der Waals surface area (Å²) in [5, 5.41) is 3.78. The number of para-hydroxylation sites is 3. The fourth-order valence-electron chi connectivity index (χ4n) is 2.43. The maximum absolute atomic E-state index is 12.0. The van der Waals surface area contributed by atoms with Gasteiger partial charge < -0.3 is 5.32 Å². The molecule has 1 heterocycles.